The van der Waals surface area contributed by atoms with Crippen molar-refractivity contribution in [1.82, 2.24) is 19.7 Å². The van der Waals surface area contributed by atoms with Gasteiger partial charge in [-0.05, 0) is 42.0 Å². The van der Waals surface area contributed by atoms with E-state index in [2.05, 4.69) is 17.0 Å². The number of alkyl halides is 5. The Morgan fingerprint density at radius 1 is 1.13 bits per heavy atom. The fourth-order valence-corrected chi connectivity index (χ4v) is 3.73. The minimum absolute atomic E-state index is 0.181. The van der Waals surface area contributed by atoms with Crippen LogP contribution in [0.25, 0.3) is 11.4 Å². The summed E-state index contributed by atoms with van der Waals surface area (Å²) in [5.74, 6) is -4.93. The number of carbonyl (C=O) groups excluding carboxylic acids is 1. The van der Waals surface area contributed by atoms with Crippen molar-refractivity contribution >= 4 is 17.5 Å². The molecule has 8 nitrogen and oxygen atoms in total. The molecule has 1 amide bonds. The third-order valence-electron chi connectivity index (χ3n) is 5.55. The minimum atomic E-state index is -4.76. The van der Waals surface area contributed by atoms with Crippen LogP contribution >= 0.6 is 11.6 Å². The van der Waals surface area contributed by atoms with Gasteiger partial charge in [0.2, 0.25) is 5.91 Å². The summed E-state index contributed by atoms with van der Waals surface area (Å²) < 4.78 is 69.4. The summed E-state index contributed by atoms with van der Waals surface area (Å²) in [7, 11) is 0. The summed E-state index contributed by atoms with van der Waals surface area (Å²) in [6, 6.07) is 8.60. The highest BCUT2D eigenvalue weighted by Crippen LogP contribution is 2.34. The Labute approximate surface area is 217 Å². The zero-order valence-electron chi connectivity index (χ0n) is 19.5. The lowest BCUT2D eigenvalue weighted by atomic mass is 10.0. The van der Waals surface area contributed by atoms with Crippen molar-refractivity contribution in [2.24, 2.45) is 0 Å². The van der Waals surface area contributed by atoms with Crippen LogP contribution in [-0.2, 0) is 24.1 Å². The molecule has 0 aliphatic heterocycles. The molecule has 3 aromatic rings. The highest BCUT2D eigenvalue weighted by Gasteiger charge is 2.37. The quantitative estimate of drug-likeness (QED) is 0.260. The zero-order valence-corrected chi connectivity index (χ0v) is 20.3. The summed E-state index contributed by atoms with van der Waals surface area (Å²) in [5, 5.41) is 26.2. The van der Waals surface area contributed by atoms with E-state index in [0.717, 1.165) is 22.8 Å². The van der Waals surface area contributed by atoms with E-state index in [0.29, 0.717) is 9.70 Å². The van der Waals surface area contributed by atoms with Gasteiger partial charge in [-0.1, -0.05) is 36.4 Å². The fourth-order valence-electron chi connectivity index (χ4n) is 3.61. The molecule has 1 aromatic heterocycles. The summed E-state index contributed by atoms with van der Waals surface area (Å²) >= 11 is 5.87. The highest BCUT2D eigenvalue weighted by molar-refractivity contribution is 6.30. The van der Waals surface area contributed by atoms with Gasteiger partial charge in [-0.3, -0.25) is 9.36 Å². The van der Waals surface area contributed by atoms with Gasteiger partial charge in [0, 0.05) is 10.6 Å². The summed E-state index contributed by atoms with van der Waals surface area (Å²) in [4.78, 5) is 25.7. The monoisotopic (exact) mass is 560 g/mol. The molecule has 204 valence electrons. The topological polar surface area (TPSA) is 109 Å². The largest absolute Gasteiger partial charge is 0.416 e. The van der Waals surface area contributed by atoms with Gasteiger partial charge in [0.15, 0.2) is 5.82 Å². The number of rotatable bonds is 10. The van der Waals surface area contributed by atoms with E-state index in [1.54, 1.807) is 0 Å². The van der Waals surface area contributed by atoms with Crippen LogP contribution in [0.3, 0.4) is 0 Å². The molecule has 0 saturated carbocycles. The van der Waals surface area contributed by atoms with E-state index in [9.17, 15) is 41.8 Å². The fraction of sp³-hybridized carbons (Fsp3) is 0.292. The number of hydrogen-bond donors (Lipinski definition) is 3. The number of halogens is 6. The lowest BCUT2D eigenvalue weighted by Crippen LogP contribution is -2.40. The van der Waals surface area contributed by atoms with Gasteiger partial charge in [-0.25, -0.2) is 9.48 Å². The Balaban J connectivity index is 1.94. The first-order valence-electron chi connectivity index (χ1n) is 11.0. The molecule has 0 fully saturated rings. The van der Waals surface area contributed by atoms with Crippen LogP contribution in [0, 0.1) is 0 Å². The predicted molar refractivity (Wildman–Crippen MR) is 127 cm³/mol. The van der Waals surface area contributed by atoms with Crippen LogP contribution in [0.4, 0.5) is 22.0 Å². The number of aliphatic hydroxyl groups is 2. The van der Waals surface area contributed by atoms with E-state index >= 15 is 0 Å². The van der Waals surface area contributed by atoms with Crippen LogP contribution in [-0.4, -0.2) is 49.1 Å². The van der Waals surface area contributed by atoms with Gasteiger partial charge in [0.1, 0.15) is 12.6 Å². The molecule has 0 aliphatic rings. The number of carbonyl (C=O) groups is 1. The van der Waals surface area contributed by atoms with Crippen molar-refractivity contribution in [3.8, 4) is 11.4 Å². The molecule has 3 N–H and O–H groups in total. The first-order chi connectivity index (χ1) is 17.8. The van der Waals surface area contributed by atoms with E-state index in [-0.39, 0.29) is 17.5 Å². The zero-order chi connectivity index (χ0) is 28.3. The van der Waals surface area contributed by atoms with Gasteiger partial charge in [0.05, 0.1) is 24.8 Å². The Kier molecular flexibility index (Phi) is 8.75. The van der Waals surface area contributed by atoms with E-state index in [4.69, 9.17) is 11.6 Å². The molecular weight excluding hydrogens is 539 g/mol. The second-order valence-electron chi connectivity index (χ2n) is 8.16. The molecule has 0 radical (unpaired) electrons. The molecule has 14 heteroatoms. The van der Waals surface area contributed by atoms with Crippen LogP contribution < -0.4 is 11.0 Å². The van der Waals surface area contributed by atoms with Crippen molar-refractivity contribution < 1.29 is 37.0 Å². The van der Waals surface area contributed by atoms with Crippen molar-refractivity contribution in [1.29, 1.82) is 0 Å². The Bertz CT molecular complexity index is 1360. The van der Waals surface area contributed by atoms with Crippen molar-refractivity contribution in [2.45, 2.75) is 37.3 Å². The van der Waals surface area contributed by atoms with E-state index < -0.39 is 66.7 Å². The second kappa shape index (κ2) is 11.5. The molecule has 2 atom stereocenters. The third-order valence-corrected chi connectivity index (χ3v) is 5.80. The van der Waals surface area contributed by atoms with Crippen LogP contribution in [0.15, 0.2) is 66.0 Å². The Morgan fingerprint density at radius 3 is 2.34 bits per heavy atom. The molecule has 1 heterocycles. The van der Waals surface area contributed by atoms with Gasteiger partial charge >= 0.3 is 11.9 Å². The average Bonchev–Trinajstić information content (AvgIpc) is 3.17. The Morgan fingerprint density at radius 2 is 1.76 bits per heavy atom. The smallest absolute Gasteiger partial charge is 0.394 e. The second-order valence-corrected chi connectivity index (χ2v) is 8.60. The highest BCUT2D eigenvalue weighted by atomic mass is 35.5. The van der Waals surface area contributed by atoms with Crippen LogP contribution in [0.2, 0.25) is 5.02 Å². The van der Waals surface area contributed by atoms with Crippen molar-refractivity contribution in [2.75, 3.05) is 6.61 Å². The van der Waals surface area contributed by atoms with Gasteiger partial charge in [-0.15, -0.1) is 5.10 Å². The number of amides is 1. The average molecular weight is 561 g/mol. The molecule has 0 spiro atoms. The van der Waals surface area contributed by atoms with Gasteiger partial charge < -0.3 is 15.5 Å². The first kappa shape index (κ1) is 29.0. The maximum absolute atomic E-state index is 13.9. The number of aliphatic hydroxyl groups excluding tert-OH is 2. The molecule has 2 aromatic carbocycles. The van der Waals surface area contributed by atoms with Crippen LogP contribution in [0.5, 0.6) is 0 Å². The van der Waals surface area contributed by atoms with Gasteiger partial charge in [0.25, 0.3) is 5.92 Å². The van der Waals surface area contributed by atoms with E-state index in [1.165, 1.54) is 30.3 Å². The normalized spacial score (nSPS) is 13.7. The number of aromatic nitrogens is 3. The maximum Gasteiger partial charge on any atom is 0.416 e. The third kappa shape index (κ3) is 6.47. The number of nitrogens with zero attached hydrogens (tertiary/aromatic N) is 3. The number of nitrogens with one attached hydrogen (secondary N) is 1. The van der Waals surface area contributed by atoms with Crippen molar-refractivity contribution in [3.63, 3.8) is 0 Å². The molecule has 38 heavy (non-hydrogen) atoms. The molecular formula is C24H22ClF5N4O4. The minimum Gasteiger partial charge on any atom is -0.394 e. The number of hydrogen-bond acceptors (Lipinski definition) is 5. The van der Waals surface area contributed by atoms with Crippen molar-refractivity contribution in [3.05, 3.63) is 87.8 Å². The SMILES string of the molecule is C=CC(F)(F)C(O)Cn1c(-c2ccc(Cl)cc2)nn(CC(=O)NC(CO)c2ccccc2C(F)(F)F)c1=O. The molecule has 3 rings (SSSR count). The summed E-state index contributed by atoms with van der Waals surface area (Å²) in [5.41, 5.74) is -2.28. The molecule has 0 bridgehead atoms. The first-order valence-corrected chi connectivity index (χ1v) is 11.4. The summed E-state index contributed by atoms with van der Waals surface area (Å²) in [6.07, 6.45) is -6.91. The maximum atomic E-state index is 13.9. The van der Waals surface area contributed by atoms with E-state index in [1.807, 2.05) is 0 Å². The van der Waals surface area contributed by atoms with Crippen LogP contribution in [0.1, 0.15) is 17.2 Å². The number of benzene rings is 2. The predicted octanol–water partition coefficient (Wildman–Crippen LogP) is 3.42. The lowest BCUT2D eigenvalue weighted by molar-refractivity contribution is -0.139. The standard InChI is InChI=1S/C24H22ClF5N4O4/c1-2-23(26,27)19(36)11-33-21(14-7-9-15(25)10-8-14)32-34(22(33)38)12-20(37)31-18(13-35)16-5-3-4-6-17(16)24(28,29)30/h2-10,18-19,35-36H,1,11-13H2,(H,31,37). The molecule has 0 saturated heterocycles. The summed E-state index contributed by atoms with van der Waals surface area (Å²) in [6.45, 7) is 0.320. The molecule has 2 unspecified atom stereocenters. The lowest BCUT2D eigenvalue weighted by Gasteiger charge is -2.21. The van der Waals surface area contributed by atoms with Gasteiger partial charge in [-0.2, -0.15) is 22.0 Å². The molecule has 0 aliphatic carbocycles. The Hall–Kier alpha value is -3.55.